The lowest BCUT2D eigenvalue weighted by Crippen LogP contribution is -2.21. The smallest absolute Gasteiger partial charge is 0.132 e. The molecule has 0 saturated carbocycles. The summed E-state index contributed by atoms with van der Waals surface area (Å²) in [6.07, 6.45) is 0.957. The average Bonchev–Trinajstić information content (AvgIpc) is 2.17. The van der Waals surface area contributed by atoms with Gasteiger partial charge in [0, 0.05) is 30.7 Å². The lowest BCUT2D eigenvalue weighted by Gasteiger charge is -2.17. The third-order valence-corrected chi connectivity index (χ3v) is 2.41. The predicted molar refractivity (Wildman–Crippen MR) is 63.2 cm³/mol. The van der Waals surface area contributed by atoms with Gasteiger partial charge in [-0.2, -0.15) is 0 Å². The minimum absolute atomic E-state index is 0.848. The first-order valence-electron chi connectivity index (χ1n) is 4.79. The molecule has 0 spiro atoms. The van der Waals surface area contributed by atoms with E-state index >= 15 is 0 Å². The van der Waals surface area contributed by atoms with E-state index in [4.69, 9.17) is 0 Å². The normalized spacial score (nSPS) is 10.3. The molecule has 0 aromatic carbocycles. The van der Waals surface area contributed by atoms with Crippen LogP contribution in [-0.4, -0.2) is 28.9 Å². The van der Waals surface area contributed by atoms with Crippen LogP contribution in [-0.2, 0) is 6.42 Å². The highest BCUT2D eigenvalue weighted by atomic mass is 79.9. The summed E-state index contributed by atoms with van der Waals surface area (Å²) in [6, 6.07) is 2.05. The first-order chi connectivity index (χ1) is 6.67. The second-order valence-corrected chi connectivity index (χ2v) is 4.02. The van der Waals surface area contributed by atoms with Gasteiger partial charge in [0.25, 0.3) is 0 Å². The number of anilines is 1. The fourth-order valence-electron chi connectivity index (χ4n) is 1.23. The quantitative estimate of drug-likeness (QED) is 0.775. The zero-order chi connectivity index (χ0) is 10.6. The molecule has 0 aliphatic rings. The molecule has 1 aromatic rings. The van der Waals surface area contributed by atoms with Gasteiger partial charge in [-0.25, -0.2) is 9.97 Å². The van der Waals surface area contributed by atoms with Crippen LogP contribution in [0.3, 0.4) is 0 Å². The average molecular weight is 258 g/mol. The Hall–Kier alpha value is -0.640. The van der Waals surface area contributed by atoms with Crippen LogP contribution in [0.25, 0.3) is 0 Å². The number of hydrogen-bond donors (Lipinski definition) is 0. The Labute approximate surface area is 93.7 Å². The summed E-state index contributed by atoms with van der Waals surface area (Å²) in [5, 5.41) is 0.952. The van der Waals surface area contributed by atoms with Gasteiger partial charge in [0.05, 0.1) is 0 Å². The van der Waals surface area contributed by atoms with Crippen LogP contribution in [0.1, 0.15) is 18.4 Å². The number of aryl methyl sites for hydroxylation is 2. The molecule has 0 amide bonds. The van der Waals surface area contributed by atoms with Crippen LogP contribution >= 0.6 is 15.9 Å². The van der Waals surface area contributed by atoms with Crippen molar-refractivity contribution in [3.05, 3.63) is 17.6 Å². The number of nitrogens with zero attached hydrogens (tertiary/aromatic N) is 3. The summed E-state index contributed by atoms with van der Waals surface area (Å²) in [5.41, 5.74) is 1.11. The Morgan fingerprint density at radius 2 is 2.14 bits per heavy atom. The van der Waals surface area contributed by atoms with Crippen LogP contribution in [0.2, 0.25) is 0 Å². The second kappa shape index (κ2) is 5.29. The molecule has 0 radical (unpaired) electrons. The molecule has 1 heterocycles. The van der Waals surface area contributed by atoms with Crippen molar-refractivity contribution in [1.82, 2.24) is 9.97 Å². The zero-order valence-electron chi connectivity index (χ0n) is 8.92. The van der Waals surface area contributed by atoms with Crippen LogP contribution in [0, 0.1) is 6.92 Å². The molecule has 4 heteroatoms. The Morgan fingerprint density at radius 3 is 2.71 bits per heavy atom. The standard InChI is InChI=1S/C10H16BrN3/c1-4-9-7-10(13-8(2)12-9)14(3)6-5-11/h7H,4-6H2,1-3H3. The van der Waals surface area contributed by atoms with Crippen LogP contribution < -0.4 is 4.90 Å². The van der Waals surface area contributed by atoms with Gasteiger partial charge in [0.2, 0.25) is 0 Å². The van der Waals surface area contributed by atoms with Crippen molar-refractivity contribution in [3.8, 4) is 0 Å². The minimum Gasteiger partial charge on any atom is -0.359 e. The summed E-state index contributed by atoms with van der Waals surface area (Å²) >= 11 is 3.42. The van der Waals surface area contributed by atoms with Crippen LogP contribution in [0.5, 0.6) is 0 Å². The lowest BCUT2D eigenvalue weighted by atomic mass is 10.3. The maximum absolute atomic E-state index is 4.39. The molecular weight excluding hydrogens is 242 g/mol. The Bertz CT molecular complexity index is 301. The maximum atomic E-state index is 4.39. The lowest BCUT2D eigenvalue weighted by molar-refractivity contribution is 0.890. The minimum atomic E-state index is 0.848. The van der Waals surface area contributed by atoms with Crippen molar-refractivity contribution in [1.29, 1.82) is 0 Å². The van der Waals surface area contributed by atoms with E-state index in [0.717, 1.165) is 35.6 Å². The SMILES string of the molecule is CCc1cc(N(C)CCBr)nc(C)n1. The number of rotatable bonds is 4. The van der Waals surface area contributed by atoms with Crippen LogP contribution in [0.4, 0.5) is 5.82 Å². The molecule has 1 rings (SSSR count). The third-order valence-electron chi connectivity index (χ3n) is 2.05. The van der Waals surface area contributed by atoms with E-state index in [1.165, 1.54) is 0 Å². The molecule has 0 saturated heterocycles. The summed E-state index contributed by atoms with van der Waals surface area (Å²) < 4.78 is 0. The number of halogens is 1. The molecular formula is C10H16BrN3. The summed E-state index contributed by atoms with van der Waals surface area (Å²) in [4.78, 5) is 10.9. The summed E-state index contributed by atoms with van der Waals surface area (Å²) in [6.45, 7) is 5.00. The Kier molecular flexibility index (Phi) is 4.32. The molecule has 0 unspecified atom stereocenters. The van der Waals surface area contributed by atoms with Crippen molar-refractivity contribution < 1.29 is 0 Å². The van der Waals surface area contributed by atoms with Crippen molar-refractivity contribution in [2.24, 2.45) is 0 Å². The molecule has 0 bridgehead atoms. The molecule has 14 heavy (non-hydrogen) atoms. The van der Waals surface area contributed by atoms with E-state index in [-0.39, 0.29) is 0 Å². The largest absolute Gasteiger partial charge is 0.359 e. The van der Waals surface area contributed by atoms with Gasteiger partial charge in [-0.3, -0.25) is 0 Å². The van der Waals surface area contributed by atoms with E-state index in [0.29, 0.717) is 0 Å². The van der Waals surface area contributed by atoms with Gasteiger partial charge in [-0.15, -0.1) is 0 Å². The van der Waals surface area contributed by atoms with Crippen LogP contribution in [0.15, 0.2) is 6.07 Å². The van der Waals surface area contributed by atoms with Crippen molar-refractivity contribution >= 4 is 21.7 Å². The van der Waals surface area contributed by atoms with Crippen molar-refractivity contribution in [3.63, 3.8) is 0 Å². The maximum Gasteiger partial charge on any atom is 0.132 e. The first kappa shape index (κ1) is 11.4. The fourth-order valence-corrected chi connectivity index (χ4v) is 1.76. The van der Waals surface area contributed by atoms with E-state index < -0.39 is 0 Å². The molecule has 0 atom stereocenters. The van der Waals surface area contributed by atoms with E-state index in [2.05, 4.69) is 43.8 Å². The van der Waals surface area contributed by atoms with Gasteiger partial charge >= 0.3 is 0 Å². The molecule has 1 aromatic heterocycles. The van der Waals surface area contributed by atoms with Gasteiger partial charge in [0.15, 0.2) is 0 Å². The molecule has 0 N–H and O–H groups in total. The van der Waals surface area contributed by atoms with E-state index in [1.807, 2.05) is 14.0 Å². The van der Waals surface area contributed by atoms with E-state index in [1.54, 1.807) is 0 Å². The summed E-state index contributed by atoms with van der Waals surface area (Å²) in [7, 11) is 2.04. The monoisotopic (exact) mass is 257 g/mol. The number of hydrogen-bond acceptors (Lipinski definition) is 3. The number of aromatic nitrogens is 2. The predicted octanol–water partition coefficient (Wildman–Crippen LogP) is 2.18. The highest BCUT2D eigenvalue weighted by Gasteiger charge is 2.04. The van der Waals surface area contributed by atoms with Gasteiger partial charge in [0.1, 0.15) is 11.6 Å². The highest BCUT2D eigenvalue weighted by molar-refractivity contribution is 9.09. The Morgan fingerprint density at radius 1 is 1.43 bits per heavy atom. The van der Waals surface area contributed by atoms with Gasteiger partial charge < -0.3 is 4.90 Å². The third kappa shape index (κ3) is 2.94. The molecule has 3 nitrogen and oxygen atoms in total. The number of alkyl halides is 1. The van der Waals surface area contributed by atoms with Crippen molar-refractivity contribution in [2.75, 3.05) is 23.8 Å². The zero-order valence-corrected chi connectivity index (χ0v) is 10.5. The van der Waals surface area contributed by atoms with Crippen molar-refractivity contribution in [2.45, 2.75) is 20.3 Å². The summed E-state index contributed by atoms with van der Waals surface area (Å²) in [5.74, 6) is 1.86. The highest BCUT2D eigenvalue weighted by Crippen LogP contribution is 2.11. The fraction of sp³-hybridized carbons (Fsp3) is 0.600. The van der Waals surface area contributed by atoms with Gasteiger partial charge in [-0.1, -0.05) is 22.9 Å². The van der Waals surface area contributed by atoms with E-state index in [9.17, 15) is 0 Å². The second-order valence-electron chi connectivity index (χ2n) is 3.23. The molecule has 0 aliphatic heterocycles. The molecule has 0 aliphatic carbocycles. The topological polar surface area (TPSA) is 29.0 Å². The Balaban J connectivity index is 2.90. The van der Waals surface area contributed by atoms with Gasteiger partial charge in [-0.05, 0) is 13.3 Å². The molecule has 78 valence electrons. The first-order valence-corrected chi connectivity index (χ1v) is 5.91. The molecule has 0 fully saturated rings.